The van der Waals surface area contributed by atoms with E-state index in [1.165, 1.54) is 18.7 Å². The number of hydrogen-bond donors (Lipinski definition) is 1. The van der Waals surface area contributed by atoms with E-state index in [0.29, 0.717) is 13.1 Å². The van der Waals surface area contributed by atoms with E-state index in [-0.39, 0.29) is 12.0 Å². The number of nitrogens with one attached hydrogen (secondary N) is 1. The lowest BCUT2D eigenvalue weighted by Crippen LogP contribution is -2.33. The Kier molecular flexibility index (Phi) is 4.95. The summed E-state index contributed by atoms with van der Waals surface area (Å²) in [5.41, 5.74) is 1.64. The quantitative estimate of drug-likeness (QED) is 0.707. The minimum atomic E-state index is -0.405. The third kappa shape index (κ3) is 4.04. The Labute approximate surface area is 163 Å². The number of rotatable bonds is 5. The zero-order valence-electron chi connectivity index (χ0n) is 14.4. The number of aromatic nitrogens is 2. The average Bonchev–Trinajstić information content (AvgIpc) is 3.22. The summed E-state index contributed by atoms with van der Waals surface area (Å²) in [5, 5.41) is 3.57. The van der Waals surface area contributed by atoms with Crippen LogP contribution in [0.5, 0.6) is 0 Å². The highest BCUT2D eigenvalue weighted by molar-refractivity contribution is 8.01. The Balaban J connectivity index is 1.51. The van der Waals surface area contributed by atoms with Gasteiger partial charge in [-0.1, -0.05) is 6.07 Å². The molecule has 0 radical (unpaired) electrons. The second-order valence-corrected chi connectivity index (χ2v) is 8.25. The lowest BCUT2D eigenvalue weighted by Gasteiger charge is -2.12. The van der Waals surface area contributed by atoms with Crippen LogP contribution in [0.15, 0.2) is 52.0 Å². The fourth-order valence-corrected chi connectivity index (χ4v) is 4.70. The van der Waals surface area contributed by atoms with Gasteiger partial charge in [-0.3, -0.25) is 9.69 Å². The lowest BCUT2D eigenvalue weighted by molar-refractivity contribution is -0.119. The smallest absolute Gasteiger partial charge is 0.414 e. The van der Waals surface area contributed by atoms with Crippen molar-refractivity contribution in [2.24, 2.45) is 0 Å². The molecule has 1 aliphatic rings. The Bertz CT molecular complexity index is 993. The summed E-state index contributed by atoms with van der Waals surface area (Å²) >= 11 is 3.07. The van der Waals surface area contributed by atoms with Crippen molar-refractivity contribution in [2.75, 3.05) is 18.0 Å². The van der Waals surface area contributed by atoms with E-state index in [0.717, 1.165) is 25.3 Å². The number of nitrogens with zero attached hydrogens (tertiary/aromatic N) is 3. The molecule has 4 rings (SSSR count). The molecular formula is C18H16N4O3S2. The normalized spacial score (nSPS) is 16.6. The van der Waals surface area contributed by atoms with Gasteiger partial charge in [-0.15, -0.1) is 11.3 Å². The van der Waals surface area contributed by atoms with E-state index < -0.39 is 6.09 Å². The van der Waals surface area contributed by atoms with Crippen LogP contribution in [-0.4, -0.2) is 41.2 Å². The predicted molar refractivity (Wildman–Crippen MR) is 104 cm³/mol. The molecule has 3 aromatic rings. The lowest BCUT2D eigenvalue weighted by atomic mass is 10.2. The highest BCUT2D eigenvalue weighted by Crippen LogP contribution is 2.35. The van der Waals surface area contributed by atoms with Crippen LogP contribution in [0.2, 0.25) is 0 Å². The molecule has 3 heterocycles. The maximum absolute atomic E-state index is 12.2. The van der Waals surface area contributed by atoms with Gasteiger partial charge in [0, 0.05) is 18.8 Å². The van der Waals surface area contributed by atoms with Gasteiger partial charge in [-0.25, -0.2) is 14.8 Å². The summed E-state index contributed by atoms with van der Waals surface area (Å²) in [7, 11) is 0. The van der Waals surface area contributed by atoms with E-state index >= 15 is 0 Å². The first kappa shape index (κ1) is 17.7. The Morgan fingerprint density at radius 3 is 3.07 bits per heavy atom. The minimum Gasteiger partial charge on any atom is -0.442 e. The zero-order chi connectivity index (χ0) is 18.8. The molecule has 2 amide bonds. The second kappa shape index (κ2) is 7.53. The van der Waals surface area contributed by atoms with Gasteiger partial charge in [0.05, 0.1) is 23.3 Å². The van der Waals surface area contributed by atoms with E-state index in [9.17, 15) is 9.59 Å². The molecule has 0 spiro atoms. The van der Waals surface area contributed by atoms with Crippen molar-refractivity contribution in [2.45, 2.75) is 22.4 Å². The molecule has 0 saturated carbocycles. The Hall–Kier alpha value is -2.65. The number of carbonyl (C=O) groups excluding carboxylic acids is 2. The molecule has 7 nitrogen and oxygen atoms in total. The van der Waals surface area contributed by atoms with Crippen LogP contribution in [0.1, 0.15) is 6.92 Å². The summed E-state index contributed by atoms with van der Waals surface area (Å²) in [5.74, 6) is -0.145. The van der Waals surface area contributed by atoms with Crippen LogP contribution < -0.4 is 10.2 Å². The first-order chi connectivity index (χ1) is 13.1. The van der Waals surface area contributed by atoms with Crippen molar-refractivity contribution in [3.05, 3.63) is 42.6 Å². The summed E-state index contributed by atoms with van der Waals surface area (Å²) in [6.07, 6.45) is 0.996. The van der Waals surface area contributed by atoms with Crippen LogP contribution in [0.4, 0.5) is 10.5 Å². The fourth-order valence-electron chi connectivity index (χ4n) is 2.70. The van der Waals surface area contributed by atoms with Gasteiger partial charge in [-0.2, -0.15) is 0 Å². The molecule has 1 aromatic carbocycles. The van der Waals surface area contributed by atoms with Crippen LogP contribution in [0.3, 0.4) is 0 Å². The standard InChI is InChI=1S/C18H16N4O3S2/c1-11(23)20-9-13-10-22(18(24)25-13)12-5-6-14-15(8-12)26-17(21-14)27-16-4-2-3-7-19-16/h2-8,13H,9-10H2,1H3,(H,20,23)/t13-/m0/s1. The van der Waals surface area contributed by atoms with Crippen LogP contribution in [-0.2, 0) is 9.53 Å². The van der Waals surface area contributed by atoms with Gasteiger partial charge >= 0.3 is 6.09 Å². The number of benzene rings is 1. The molecule has 1 aliphatic heterocycles. The van der Waals surface area contributed by atoms with Crippen molar-refractivity contribution >= 4 is 51.0 Å². The van der Waals surface area contributed by atoms with Crippen molar-refractivity contribution in [3.63, 3.8) is 0 Å². The summed E-state index contributed by atoms with van der Waals surface area (Å²) in [6, 6.07) is 11.5. The number of ether oxygens (including phenoxy) is 1. The number of fused-ring (bicyclic) bond motifs is 1. The number of anilines is 1. The second-order valence-electron chi connectivity index (χ2n) is 5.96. The van der Waals surface area contributed by atoms with Gasteiger partial charge in [-0.05, 0) is 42.1 Å². The Morgan fingerprint density at radius 2 is 2.30 bits per heavy atom. The third-order valence-corrected chi connectivity index (χ3v) is 5.98. The maximum atomic E-state index is 12.2. The maximum Gasteiger partial charge on any atom is 0.414 e. The number of pyridine rings is 1. The molecule has 0 unspecified atom stereocenters. The summed E-state index contributed by atoms with van der Waals surface area (Å²) in [6.45, 7) is 2.15. The van der Waals surface area contributed by atoms with E-state index in [1.54, 1.807) is 22.4 Å². The molecule has 1 N–H and O–H groups in total. The van der Waals surface area contributed by atoms with Gasteiger partial charge in [0.25, 0.3) is 0 Å². The van der Waals surface area contributed by atoms with Gasteiger partial charge in [0.1, 0.15) is 11.1 Å². The van der Waals surface area contributed by atoms with Gasteiger partial charge in [0.2, 0.25) is 5.91 Å². The number of carbonyl (C=O) groups is 2. The third-order valence-electron chi connectivity index (χ3n) is 3.95. The molecule has 27 heavy (non-hydrogen) atoms. The monoisotopic (exact) mass is 400 g/mol. The summed E-state index contributed by atoms with van der Waals surface area (Å²) in [4.78, 5) is 33.7. The highest BCUT2D eigenvalue weighted by Gasteiger charge is 2.32. The van der Waals surface area contributed by atoms with E-state index in [1.807, 2.05) is 36.4 Å². The Morgan fingerprint density at radius 1 is 1.41 bits per heavy atom. The van der Waals surface area contributed by atoms with Crippen LogP contribution in [0.25, 0.3) is 10.2 Å². The number of cyclic esters (lactones) is 1. The topological polar surface area (TPSA) is 84.4 Å². The molecule has 138 valence electrons. The highest BCUT2D eigenvalue weighted by atomic mass is 32.2. The molecule has 1 fully saturated rings. The van der Waals surface area contributed by atoms with E-state index in [2.05, 4.69) is 15.3 Å². The number of thiazole rings is 1. The molecule has 0 bridgehead atoms. The molecule has 0 aliphatic carbocycles. The van der Waals surface area contributed by atoms with Gasteiger partial charge in [0.15, 0.2) is 4.34 Å². The van der Waals surface area contributed by atoms with Gasteiger partial charge < -0.3 is 10.1 Å². The van der Waals surface area contributed by atoms with Crippen molar-refractivity contribution < 1.29 is 14.3 Å². The summed E-state index contributed by atoms with van der Waals surface area (Å²) < 4.78 is 7.21. The zero-order valence-corrected chi connectivity index (χ0v) is 16.0. The molecule has 1 saturated heterocycles. The fraction of sp³-hybridized carbons (Fsp3) is 0.222. The van der Waals surface area contributed by atoms with Crippen molar-refractivity contribution in [1.82, 2.24) is 15.3 Å². The van der Waals surface area contributed by atoms with Crippen molar-refractivity contribution in [1.29, 1.82) is 0 Å². The van der Waals surface area contributed by atoms with Crippen LogP contribution >= 0.6 is 23.1 Å². The van der Waals surface area contributed by atoms with E-state index in [4.69, 9.17) is 4.74 Å². The average molecular weight is 400 g/mol. The first-order valence-electron chi connectivity index (χ1n) is 8.30. The SMILES string of the molecule is CC(=O)NC[C@H]1CN(c2ccc3nc(Sc4ccccn4)sc3c2)C(=O)O1. The van der Waals surface area contributed by atoms with Crippen LogP contribution in [0, 0.1) is 0 Å². The molecular weight excluding hydrogens is 384 g/mol. The minimum absolute atomic E-state index is 0.145. The number of amides is 2. The van der Waals surface area contributed by atoms with Crippen molar-refractivity contribution in [3.8, 4) is 0 Å². The first-order valence-corrected chi connectivity index (χ1v) is 9.94. The molecule has 1 atom stereocenters. The number of hydrogen-bond acceptors (Lipinski definition) is 7. The molecule has 9 heteroatoms. The largest absolute Gasteiger partial charge is 0.442 e. The molecule has 2 aromatic heterocycles. The predicted octanol–water partition coefficient (Wildman–Crippen LogP) is 3.30.